The molecule has 0 fully saturated rings. The molecule has 0 aliphatic rings. The van der Waals surface area contributed by atoms with E-state index in [1.54, 1.807) is 36.0 Å². The Bertz CT molecular complexity index is 797. The van der Waals surface area contributed by atoms with Crippen LogP contribution in [-0.2, 0) is 14.3 Å². The predicted molar refractivity (Wildman–Crippen MR) is 114 cm³/mol. The highest BCUT2D eigenvalue weighted by molar-refractivity contribution is 7.99. The molecule has 8 heteroatoms. The van der Waals surface area contributed by atoms with Gasteiger partial charge < -0.3 is 20.7 Å². The minimum atomic E-state index is -0.547. The van der Waals surface area contributed by atoms with Gasteiger partial charge in [0.15, 0.2) is 6.61 Å². The predicted octanol–water partition coefficient (Wildman–Crippen LogP) is 2.96. The van der Waals surface area contributed by atoms with Gasteiger partial charge in [-0.15, -0.1) is 11.8 Å². The number of urea groups is 1. The Labute approximate surface area is 174 Å². The van der Waals surface area contributed by atoms with E-state index < -0.39 is 12.0 Å². The van der Waals surface area contributed by atoms with Gasteiger partial charge in [0.05, 0.1) is 6.42 Å². The second-order valence-electron chi connectivity index (χ2n) is 6.17. The Morgan fingerprint density at radius 2 is 1.66 bits per heavy atom. The zero-order chi connectivity index (χ0) is 20.9. The highest BCUT2D eigenvalue weighted by Crippen LogP contribution is 2.17. The number of hydrogen-bond acceptors (Lipinski definition) is 5. The van der Waals surface area contributed by atoms with Gasteiger partial charge in [0.1, 0.15) is 0 Å². The summed E-state index contributed by atoms with van der Waals surface area (Å²) in [5, 5.41) is 7.90. The summed E-state index contributed by atoms with van der Waals surface area (Å²) in [7, 11) is 0. The quantitative estimate of drug-likeness (QED) is 0.315. The molecule has 0 aromatic heterocycles. The number of carbonyl (C=O) groups excluding carboxylic acids is 3. The summed E-state index contributed by atoms with van der Waals surface area (Å²) in [5.74, 6) is -0.171. The molecule has 0 unspecified atom stereocenters. The fraction of sp³-hybridized carbons (Fsp3) is 0.286. The standard InChI is InChI=1S/C21H25N3O4S/c1-16-7-9-18(10-8-16)29-14-13-22-19(25)15-28-20(26)11-12-23-21(27)24-17-5-3-2-4-6-17/h2-10H,11-15H2,1H3,(H,22,25)(H2,23,24,27). The lowest BCUT2D eigenvalue weighted by Gasteiger charge is -2.08. The zero-order valence-electron chi connectivity index (χ0n) is 16.3. The maximum atomic E-state index is 11.7. The Morgan fingerprint density at radius 1 is 0.931 bits per heavy atom. The maximum Gasteiger partial charge on any atom is 0.319 e. The summed E-state index contributed by atoms with van der Waals surface area (Å²) in [6, 6.07) is 16.7. The van der Waals surface area contributed by atoms with Gasteiger partial charge >= 0.3 is 12.0 Å². The number of esters is 1. The molecule has 2 aromatic carbocycles. The Balaban J connectivity index is 1.50. The molecule has 0 spiro atoms. The molecule has 0 radical (unpaired) electrons. The normalized spacial score (nSPS) is 10.1. The first-order valence-corrected chi connectivity index (χ1v) is 10.2. The van der Waals surface area contributed by atoms with Crippen LogP contribution in [-0.4, -0.2) is 43.4 Å². The Hall–Kier alpha value is -3.00. The molecule has 2 rings (SSSR count). The molecule has 0 saturated carbocycles. The van der Waals surface area contributed by atoms with Crippen LogP contribution in [0.4, 0.5) is 10.5 Å². The molecule has 29 heavy (non-hydrogen) atoms. The minimum absolute atomic E-state index is 0.0151. The maximum absolute atomic E-state index is 11.7. The number of ether oxygens (including phenoxy) is 1. The molecule has 154 valence electrons. The first-order chi connectivity index (χ1) is 14.0. The number of nitrogens with one attached hydrogen (secondary N) is 3. The van der Waals surface area contributed by atoms with Gasteiger partial charge in [0.25, 0.3) is 5.91 Å². The first-order valence-electron chi connectivity index (χ1n) is 9.24. The lowest BCUT2D eigenvalue weighted by molar-refractivity contribution is -0.148. The van der Waals surface area contributed by atoms with Gasteiger partial charge in [-0.1, -0.05) is 35.9 Å². The van der Waals surface area contributed by atoms with Crippen molar-refractivity contribution in [1.29, 1.82) is 0 Å². The SMILES string of the molecule is Cc1ccc(SCCNC(=O)COC(=O)CCNC(=O)Nc2ccccc2)cc1. The molecule has 0 atom stereocenters. The molecule has 3 amide bonds. The topological polar surface area (TPSA) is 96.5 Å². The summed E-state index contributed by atoms with van der Waals surface area (Å²) < 4.78 is 4.90. The molecule has 7 nitrogen and oxygen atoms in total. The van der Waals surface area contributed by atoms with E-state index in [4.69, 9.17) is 4.74 Å². The highest BCUT2D eigenvalue weighted by atomic mass is 32.2. The van der Waals surface area contributed by atoms with Crippen molar-refractivity contribution >= 4 is 35.4 Å². The van der Waals surface area contributed by atoms with Crippen molar-refractivity contribution in [3.63, 3.8) is 0 Å². The van der Waals surface area contributed by atoms with E-state index in [0.29, 0.717) is 12.2 Å². The lowest BCUT2D eigenvalue weighted by Crippen LogP contribution is -2.32. The molecule has 0 heterocycles. The highest BCUT2D eigenvalue weighted by Gasteiger charge is 2.08. The third kappa shape index (κ3) is 9.66. The first kappa shape index (κ1) is 22.3. The van der Waals surface area contributed by atoms with E-state index in [2.05, 4.69) is 16.0 Å². The Kier molecular flexibility index (Phi) is 9.57. The third-order valence-electron chi connectivity index (χ3n) is 3.72. The Morgan fingerprint density at radius 3 is 2.38 bits per heavy atom. The molecule has 0 saturated heterocycles. The number of thioether (sulfide) groups is 1. The zero-order valence-corrected chi connectivity index (χ0v) is 17.1. The van der Waals surface area contributed by atoms with Crippen LogP contribution in [0.2, 0.25) is 0 Å². The molecular formula is C21H25N3O4S. The van der Waals surface area contributed by atoms with Gasteiger partial charge in [0, 0.05) is 29.4 Å². The number of anilines is 1. The number of aryl methyl sites for hydroxylation is 1. The molecule has 0 bridgehead atoms. The summed E-state index contributed by atoms with van der Waals surface area (Å²) in [5.41, 5.74) is 1.86. The van der Waals surface area contributed by atoms with E-state index in [0.717, 1.165) is 10.6 Å². The van der Waals surface area contributed by atoms with Crippen molar-refractivity contribution in [3.8, 4) is 0 Å². The van der Waals surface area contributed by atoms with Crippen LogP contribution < -0.4 is 16.0 Å². The second-order valence-corrected chi connectivity index (χ2v) is 7.34. The summed E-state index contributed by atoms with van der Waals surface area (Å²) in [6.07, 6.45) is -0.0151. The summed E-state index contributed by atoms with van der Waals surface area (Å²) in [6.45, 7) is 2.30. The van der Waals surface area contributed by atoms with Crippen LogP contribution in [0.5, 0.6) is 0 Å². The van der Waals surface area contributed by atoms with Crippen LogP contribution in [0.25, 0.3) is 0 Å². The average Bonchev–Trinajstić information content (AvgIpc) is 2.72. The van der Waals surface area contributed by atoms with Crippen LogP contribution in [0, 0.1) is 6.92 Å². The average molecular weight is 416 g/mol. The van der Waals surface area contributed by atoms with Crippen molar-refractivity contribution in [2.45, 2.75) is 18.2 Å². The molecule has 3 N–H and O–H groups in total. The van der Waals surface area contributed by atoms with Crippen LogP contribution in [0.3, 0.4) is 0 Å². The summed E-state index contributed by atoms with van der Waals surface area (Å²) in [4.78, 5) is 36.2. The number of rotatable bonds is 10. The number of amides is 3. The number of para-hydroxylation sites is 1. The van der Waals surface area contributed by atoms with Crippen molar-refractivity contribution in [1.82, 2.24) is 10.6 Å². The van der Waals surface area contributed by atoms with Gasteiger partial charge in [-0.2, -0.15) is 0 Å². The molecular weight excluding hydrogens is 390 g/mol. The van der Waals surface area contributed by atoms with Gasteiger partial charge in [-0.25, -0.2) is 4.79 Å². The lowest BCUT2D eigenvalue weighted by atomic mass is 10.2. The van der Waals surface area contributed by atoms with Crippen molar-refractivity contribution in [2.75, 3.05) is 30.8 Å². The van der Waals surface area contributed by atoms with Crippen LogP contribution in [0.1, 0.15) is 12.0 Å². The third-order valence-corrected chi connectivity index (χ3v) is 4.74. The fourth-order valence-corrected chi connectivity index (χ4v) is 3.01. The van der Waals surface area contributed by atoms with E-state index >= 15 is 0 Å². The molecule has 0 aliphatic heterocycles. The van der Waals surface area contributed by atoms with Gasteiger partial charge in [-0.3, -0.25) is 9.59 Å². The number of carbonyl (C=O) groups is 3. The van der Waals surface area contributed by atoms with E-state index in [1.807, 2.05) is 37.3 Å². The van der Waals surface area contributed by atoms with E-state index in [9.17, 15) is 14.4 Å². The number of hydrogen-bond donors (Lipinski definition) is 3. The van der Waals surface area contributed by atoms with Crippen molar-refractivity contribution in [3.05, 3.63) is 60.2 Å². The van der Waals surface area contributed by atoms with E-state index in [-0.39, 0.29) is 25.5 Å². The molecule has 0 aliphatic carbocycles. The summed E-state index contributed by atoms with van der Waals surface area (Å²) >= 11 is 1.64. The fourth-order valence-electron chi connectivity index (χ4n) is 2.24. The molecule has 2 aromatic rings. The van der Waals surface area contributed by atoms with Gasteiger partial charge in [0.2, 0.25) is 0 Å². The van der Waals surface area contributed by atoms with E-state index in [1.165, 1.54) is 5.56 Å². The van der Waals surface area contributed by atoms with Crippen LogP contribution in [0.15, 0.2) is 59.5 Å². The monoisotopic (exact) mass is 415 g/mol. The smallest absolute Gasteiger partial charge is 0.319 e. The van der Waals surface area contributed by atoms with Crippen molar-refractivity contribution < 1.29 is 19.1 Å². The minimum Gasteiger partial charge on any atom is -0.456 e. The van der Waals surface area contributed by atoms with Crippen LogP contribution >= 0.6 is 11.8 Å². The van der Waals surface area contributed by atoms with Crippen molar-refractivity contribution in [2.24, 2.45) is 0 Å². The second kappa shape index (κ2) is 12.5. The van der Waals surface area contributed by atoms with Gasteiger partial charge in [-0.05, 0) is 31.2 Å². The number of benzene rings is 2. The largest absolute Gasteiger partial charge is 0.456 e.